The first-order valence-electron chi connectivity index (χ1n) is 8.24. The van der Waals surface area contributed by atoms with E-state index in [1.807, 2.05) is 0 Å². The quantitative estimate of drug-likeness (QED) is 0.751. The third kappa shape index (κ3) is 6.65. The van der Waals surface area contributed by atoms with Crippen LogP contribution in [-0.2, 0) is 16.5 Å². The van der Waals surface area contributed by atoms with Gasteiger partial charge in [-0.15, -0.1) is 0 Å². The van der Waals surface area contributed by atoms with E-state index in [9.17, 15) is 0 Å². The van der Waals surface area contributed by atoms with Crippen LogP contribution in [0, 0.1) is 5.92 Å². The zero-order valence-corrected chi connectivity index (χ0v) is 20.0. The molecule has 1 rings (SSSR count). The molecular weight excluding hydrogens is 346 g/mol. The van der Waals surface area contributed by atoms with E-state index in [0.29, 0.717) is 12.0 Å². The van der Waals surface area contributed by atoms with Gasteiger partial charge in [-0.2, -0.15) is 0 Å². The lowest BCUT2D eigenvalue weighted by molar-refractivity contribution is 0.218. The summed E-state index contributed by atoms with van der Waals surface area (Å²) in [5, 5.41) is 0. The first-order valence-corrected chi connectivity index (χ1v) is 18.7. The predicted octanol–water partition coefficient (Wildman–Crippen LogP) is 3.76. The molecule has 1 aliphatic rings. The molecule has 1 heterocycles. The predicted molar refractivity (Wildman–Crippen MR) is 100 cm³/mol. The first-order chi connectivity index (χ1) is 9.66. The highest BCUT2D eigenvalue weighted by Crippen LogP contribution is 2.33. The molecule has 0 aliphatic carbocycles. The summed E-state index contributed by atoms with van der Waals surface area (Å²) in [6.07, 6.45) is 0. The average Bonchev–Trinajstić information content (AvgIpc) is 2.03. The summed E-state index contributed by atoms with van der Waals surface area (Å²) in [5.41, 5.74) is 0. The second-order valence-corrected chi connectivity index (χ2v) is 21.9. The van der Waals surface area contributed by atoms with Gasteiger partial charge in [-0.1, -0.05) is 27.7 Å². The summed E-state index contributed by atoms with van der Waals surface area (Å²) in [5.74, 6) is 0.531. The fourth-order valence-electron chi connectivity index (χ4n) is 3.48. The van der Waals surface area contributed by atoms with Crippen LogP contribution in [0.15, 0.2) is 0 Å². The van der Waals surface area contributed by atoms with Crippen LogP contribution < -0.4 is 4.98 Å². The summed E-state index contributed by atoms with van der Waals surface area (Å²) in [6, 6.07) is 1.27. The van der Waals surface area contributed by atoms with Gasteiger partial charge in [-0.25, -0.2) is 0 Å². The number of nitrogens with one attached hydrogen (secondary N) is 1. The van der Waals surface area contributed by atoms with E-state index in [2.05, 4.69) is 72.0 Å². The Morgan fingerprint density at radius 2 is 1.23 bits per heavy atom. The van der Waals surface area contributed by atoms with Gasteiger partial charge >= 0.3 is 34.4 Å². The monoisotopic (exact) mass is 381 g/mol. The highest BCUT2D eigenvalue weighted by molar-refractivity contribution is 6.92. The van der Waals surface area contributed by atoms with Crippen LogP contribution in [-0.4, -0.2) is 40.4 Å². The summed E-state index contributed by atoms with van der Waals surface area (Å²) >= 11 is 0. The van der Waals surface area contributed by atoms with Gasteiger partial charge in [-0.3, -0.25) is 4.98 Å². The van der Waals surface area contributed by atoms with E-state index < -0.39 is 34.4 Å². The van der Waals surface area contributed by atoms with Crippen LogP contribution in [0.4, 0.5) is 0 Å². The lowest BCUT2D eigenvalue weighted by atomic mass is 10.3. The van der Waals surface area contributed by atoms with Crippen LogP contribution in [0.25, 0.3) is 0 Å². The summed E-state index contributed by atoms with van der Waals surface area (Å²) in [7, 11) is -9.41. The molecule has 5 nitrogen and oxygen atoms in total. The Morgan fingerprint density at radius 1 is 0.727 bits per heavy atom. The van der Waals surface area contributed by atoms with E-state index in [0.717, 1.165) is 6.04 Å². The fourth-order valence-corrected chi connectivity index (χ4v) is 25.3. The van der Waals surface area contributed by atoms with E-state index in [1.165, 1.54) is 0 Å². The Morgan fingerprint density at radius 3 is 1.68 bits per heavy atom. The van der Waals surface area contributed by atoms with E-state index in [4.69, 9.17) is 16.5 Å². The third-order valence-electron chi connectivity index (χ3n) is 3.13. The number of hydrogen-bond donors (Lipinski definition) is 1. The van der Waals surface area contributed by atoms with Gasteiger partial charge in [0.25, 0.3) is 0 Å². The molecule has 0 saturated carbocycles. The number of rotatable bonds is 4. The van der Waals surface area contributed by atoms with Gasteiger partial charge < -0.3 is 16.5 Å². The van der Waals surface area contributed by atoms with Crippen LogP contribution in [0.3, 0.4) is 0 Å². The molecule has 1 fully saturated rings. The molecule has 132 valence electrons. The van der Waals surface area contributed by atoms with Gasteiger partial charge in [0.2, 0.25) is 0 Å². The maximum Gasteiger partial charge on any atom is 0.404 e. The molecule has 1 aliphatic heterocycles. The lowest BCUT2D eigenvalue weighted by Crippen LogP contribution is -2.71. The summed E-state index contributed by atoms with van der Waals surface area (Å²) in [6.45, 7) is 21.4. The molecular formula is C13H35NO4Si4. The van der Waals surface area contributed by atoms with E-state index in [-0.39, 0.29) is 0 Å². The van der Waals surface area contributed by atoms with Crippen molar-refractivity contribution in [2.45, 2.75) is 79.1 Å². The molecule has 0 aromatic heterocycles. The van der Waals surface area contributed by atoms with Crippen LogP contribution >= 0.6 is 0 Å². The number of hydrogen-bond acceptors (Lipinski definition) is 5. The second kappa shape index (κ2) is 6.88. The molecule has 2 unspecified atom stereocenters. The maximum atomic E-state index is 6.67. The summed E-state index contributed by atoms with van der Waals surface area (Å²) in [4.78, 5) is 3.56. The van der Waals surface area contributed by atoms with Crippen LogP contribution in [0.5, 0.6) is 0 Å². The molecule has 0 bridgehead atoms. The molecule has 0 aromatic rings. The first kappa shape index (κ1) is 20.7. The largest absolute Gasteiger partial charge is 0.416 e. The Bertz CT molecular complexity index is 360. The van der Waals surface area contributed by atoms with Crippen LogP contribution in [0.2, 0.25) is 45.3 Å². The molecule has 2 atom stereocenters. The molecule has 1 saturated heterocycles. The fraction of sp³-hybridized carbons (Fsp3) is 1.00. The smallest absolute Gasteiger partial charge is 0.404 e. The van der Waals surface area contributed by atoms with Crippen molar-refractivity contribution < 1.29 is 16.5 Å². The van der Waals surface area contributed by atoms with E-state index >= 15 is 0 Å². The van der Waals surface area contributed by atoms with Crippen LogP contribution in [0.1, 0.15) is 27.7 Å². The van der Waals surface area contributed by atoms with Crippen molar-refractivity contribution in [2.75, 3.05) is 0 Å². The Kier molecular flexibility index (Phi) is 6.48. The molecule has 0 aromatic carbocycles. The Balaban J connectivity index is 3.15. The van der Waals surface area contributed by atoms with Gasteiger partial charge in [0.15, 0.2) is 0 Å². The van der Waals surface area contributed by atoms with Gasteiger partial charge in [0.1, 0.15) is 0 Å². The van der Waals surface area contributed by atoms with Crippen molar-refractivity contribution in [2.24, 2.45) is 5.92 Å². The Hall–Kier alpha value is 0.668. The lowest BCUT2D eigenvalue weighted by Gasteiger charge is -2.49. The minimum absolute atomic E-state index is 0.309. The van der Waals surface area contributed by atoms with Crippen molar-refractivity contribution in [3.8, 4) is 0 Å². The zero-order valence-electron chi connectivity index (χ0n) is 16.0. The average molecular weight is 382 g/mol. The standard InChI is InChI=1S/C13H35NO4Si4/c1-12(2)11-21(9)16-19(5,6)15-20(7,8)17-22(10,18-21)14-13(3)4/h12-14H,11H2,1-10H3. The minimum Gasteiger partial charge on any atom is -0.416 e. The summed E-state index contributed by atoms with van der Waals surface area (Å²) < 4.78 is 26.1. The second-order valence-electron chi connectivity index (χ2n) is 8.18. The van der Waals surface area contributed by atoms with Crippen molar-refractivity contribution >= 4 is 34.4 Å². The maximum absolute atomic E-state index is 6.67. The Labute approximate surface area is 141 Å². The molecule has 0 spiro atoms. The van der Waals surface area contributed by atoms with E-state index in [1.54, 1.807) is 0 Å². The molecule has 0 radical (unpaired) electrons. The van der Waals surface area contributed by atoms with Crippen molar-refractivity contribution in [3.05, 3.63) is 0 Å². The zero-order chi connectivity index (χ0) is 17.4. The normalized spacial score (nSPS) is 35.5. The van der Waals surface area contributed by atoms with Gasteiger partial charge in [-0.05, 0) is 57.3 Å². The van der Waals surface area contributed by atoms with Gasteiger partial charge in [0, 0.05) is 0 Å². The van der Waals surface area contributed by atoms with Crippen molar-refractivity contribution in [1.82, 2.24) is 4.98 Å². The topological polar surface area (TPSA) is 49.0 Å². The molecule has 0 amide bonds. The van der Waals surface area contributed by atoms with Crippen molar-refractivity contribution in [1.29, 1.82) is 0 Å². The van der Waals surface area contributed by atoms with Gasteiger partial charge in [0.05, 0.1) is 0 Å². The SMILES string of the molecule is CC(C)C[Si]1(C)O[Si](C)(C)O[Si](C)(C)O[Si](C)(NC(C)C)O1. The highest BCUT2D eigenvalue weighted by Gasteiger charge is 2.54. The minimum atomic E-state index is -2.54. The molecule has 1 N–H and O–H groups in total. The highest BCUT2D eigenvalue weighted by atomic mass is 28.5. The third-order valence-corrected chi connectivity index (χ3v) is 20.2. The molecule has 9 heteroatoms. The molecule has 22 heavy (non-hydrogen) atoms. The van der Waals surface area contributed by atoms with Crippen molar-refractivity contribution in [3.63, 3.8) is 0 Å².